The molecule has 0 unspecified atom stereocenters. The molecule has 0 saturated carbocycles. The number of halogens is 1. The molecule has 1 rings (SSSR count). The van der Waals surface area contributed by atoms with Crippen molar-refractivity contribution in [3.8, 4) is 0 Å². The molecule has 0 aliphatic rings. The smallest absolute Gasteiger partial charge is 0.251 e. The molecule has 0 aliphatic carbocycles. The number of carbonyl (C=O) groups is 1. The van der Waals surface area contributed by atoms with Crippen LogP contribution >= 0.6 is 11.6 Å². The second-order valence-electron chi connectivity index (χ2n) is 3.67. The van der Waals surface area contributed by atoms with Crippen LogP contribution in [0.3, 0.4) is 0 Å². The minimum Gasteiger partial charge on any atom is -0.350 e. The molecular formula is C12H16ClNO. The van der Waals surface area contributed by atoms with Crippen molar-refractivity contribution in [3.63, 3.8) is 0 Å². The first kappa shape index (κ1) is 12.1. The molecule has 0 aromatic heterocycles. The average molecular weight is 226 g/mol. The van der Waals surface area contributed by atoms with Gasteiger partial charge in [-0.25, -0.2) is 0 Å². The third-order valence-corrected chi connectivity index (χ3v) is 2.46. The van der Waals surface area contributed by atoms with Crippen LogP contribution in [0.4, 0.5) is 0 Å². The Labute approximate surface area is 95.6 Å². The summed E-state index contributed by atoms with van der Waals surface area (Å²) >= 11 is 5.74. The van der Waals surface area contributed by atoms with Gasteiger partial charge in [-0.05, 0) is 37.6 Å². The molecule has 3 heteroatoms. The lowest BCUT2D eigenvalue weighted by atomic mass is 10.1. The van der Waals surface area contributed by atoms with E-state index in [0.717, 1.165) is 12.8 Å². The minimum absolute atomic E-state index is 0.0346. The van der Waals surface area contributed by atoms with E-state index in [1.807, 2.05) is 6.92 Å². The Kier molecular flexibility index (Phi) is 4.63. The van der Waals surface area contributed by atoms with Gasteiger partial charge in [0.25, 0.3) is 5.91 Å². The maximum atomic E-state index is 11.7. The van der Waals surface area contributed by atoms with E-state index in [-0.39, 0.29) is 11.9 Å². The van der Waals surface area contributed by atoms with Crippen LogP contribution in [0.2, 0.25) is 5.02 Å². The molecule has 0 saturated heterocycles. The molecule has 2 nitrogen and oxygen atoms in total. The number of carbonyl (C=O) groups excluding carboxylic acids is 1. The first-order chi connectivity index (χ1) is 7.13. The number of hydrogen-bond donors (Lipinski definition) is 1. The quantitative estimate of drug-likeness (QED) is 0.838. The Morgan fingerprint density at radius 3 is 2.53 bits per heavy atom. The lowest BCUT2D eigenvalue weighted by molar-refractivity contribution is 0.0938. The van der Waals surface area contributed by atoms with E-state index in [4.69, 9.17) is 11.6 Å². The van der Waals surface area contributed by atoms with Gasteiger partial charge in [-0.2, -0.15) is 0 Å². The van der Waals surface area contributed by atoms with Crippen LogP contribution in [0.1, 0.15) is 37.0 Å². The Morgan fingerprint density at radius 2 is 2.00 bits per heavy atom. The van der Waals surface area contributed by atoms with Crippen LogP contribution in [0.25, 0.3) is 0 Å². The second-order valence-corrected chi connectivity index (χ2v) is 4.11. The number of rotatable bonds is 4. The van der Waals surface area contributed by atoms with Gasteiger partial charge in [0, 0.05) is 16.6 Å². The van der Waals surface area contributed by atoms with Gasteiger partial charge in [0.05, 0.1) is 0 Å². The molecule has 1 aromatic carbocycles. The number of nitrogens with one attached hydrogen (secondary N) is 1. The zero-order chi connectivity index (χ0) is 11.3. The Hall–Kier alpha value is -1.02. The Balaban J connectivity index is 2.57. The largest absolute Gasteiger partial charge is 0.350 e. The van der Waals surface area contributed by atoms with Crippen LogP contribution < -0.4 is 5.32 Å². The van der Waals surface area contributed by atoms with Crippen LogP contribution in [-0.4, -0.2) is 11.9 Å². The first-order valence-corrected chi connectivity index (χ1v) is 5.57. The van der Waals surface area contributed by atoms with E-state index in [0.29, 0.717) is 10.6 Å². The second kappa shape index (κ2) is 5.76. The molecule has 0 aliphatic heterocycles. The molecule has 1 aromatic rings. The highest BCUT2D eigenvalue weighted by Crippen LogP contribution is 2.09. The van der Waals surface area contributed by atoms with E-state index in [1.165, 1.54) is 0 Å². The summed E-state index contributed by atoms with van der Waals surface area (Å²) in [6, 6.07) is 7.13. The summed E-state index contributed by atoms with van der Waals surface area (Å²) in [7, 11) is 0. The van der Waals surface area contributed by atoms with E-state index in [1.54, 1.807) is 24.3 Å². The summed E-state index contributed by atoms with van der Waals surface area (Å²) < 4.78 is 0. The van der Waals surface area contributed by atoms with E-state index in [2.05, 4.69) is 12.2 Å². The Bertz CT molecular complexity index is 321. The van der Waals surface area contributed by atoms with Crippen LogP contribution in [0.5, 0.6) is 0 Å². The zero-order valence-corrected chi connectivity index (χ0v) is 9.84. The standard InChI is InChI=1S/C12H16ClNO/c1-3-4-9(2)14-12(15)10-5-7-11(13)8-6-10/h5-9H,3-4H2,1-2H3,(H,14,15)/t9-/m0/s1. The normalized spacial score (nSPS) is 12.2. The Morgan fingerprint density at radius 1 is 1.40 bits per heavy atom. The number of amides is 1. The highest BCUT2D eigenvalue weighted by molar-refractivity contribution is 6.30. The summed E-state index contributed by atoms with van der Waals surface area (Å²) in [5, 5.41) is 3.58. The molecule has 1 amide bonds. The maximum absolute atomic E-state index is 11.7. The van der Waals surface area contributed by atoms with Gasteiger partial charge in [-0.1, -0.05) is 24.9 Å². The van der Waals surface area contributed by atoms with Gasteiger partial charge in [-0.15, -0.1) is 0 Å². The van der Waals surface area contributed by atoms with Crippen LogP contribution in [0.15, 0.2) is 24.3 Å². The van der Waals surface area contributed by atoms with E-state index >= 15 is 0 Å². The highest BCUT2D eigenvalue weighted by atomic mass is 35.5. The van der Waals surface area contributed by atoms with Gasteiger partial charge in [0.1, 0.15) is 0 Å². The van der Waals surface area contributed by atoms with Crippen molar-refractivity contribution >= 4 is 17.5 Å². The molecular weight excluding hydrogens is 210 g/mol. The molecule has 0 spiro atoms. The molecule has 0 fully saturated rings. The predicted octanol–water partition coefficient (Wildman–Crippen LogP) is 3.26. The van der Waals surface area contributed by atoms with Crippen molar-refractivity contribution in [2.24, 2.45) is 0 Å². The van der Waals surface area contributed by atoms with Crippen molar-refractivity contribution < 1.29 is 4.79 Å². The van der Waals surface area contributed by atoms with Gasteiger partial charge in [0.2, 0.25) is 0 Å². The average Bonchev–Trinajstić information content (AvgIpc) is 2.18. The molecule has 0 radical (unpaired) electrons. The van der Waals surface area contributed by atoms with Crippen LogP contribution in [-0.2, 0) is 0 Å². The van der Waals surface area contributed by atoms with Crippen molar-refractivity contribution in [2.45, 2.75) is 32.7 Å². The van der Waals surface area contributed by atoms with Gasteiger partial charge in [-0.3, -0.25) is 4.79 Å². The lowest BCUT2D eigenvalue weighted by Crippen LogP contribution is -2.32. The fourth-order valence-electron chi connectivity index (χ4n) is 1.41. The molecule has 15 heavy (non-hydrogen) atoms. The predicted molar refractivity (Wildman–Crippen MR) is 63.3 cm³/mol. The maximum Gasteiger partial charge on any atom is 0.251 e. The molecule has 1 atom stereocenters. The highest BCUT2D eigenvalue weighted by Gasteiger charge is 2.08. The van der Waals surface area contributed by atoms with Crippen molar-refractivity contribution in [2.75, 3.05) is 0 Å². The summed E-state index contributed by atoms with van der Waals surface area (Å²) in [6.45, 7) is 4.11. The van der Waals surface area contributed by atoms with Crippen molar-refractivity contribution in [3.05, 3.63) is 34.9 Å². The molecule has 1 N–H and O–H groups in total. The van der Waals surface area contributed by atoms with E-state index in [9.17, 15) is 4.79 Å². The SMILES string of the molecule is CCC[C@H](C)NC(=O)c1ccc(Cl)cc1. The third kappa shape index (κ3) is 3.92. The summed E-state index contributed by atoms with van der Waals surface area (Å²) in [6.07, 6.45) is 2.07. The molecule has 0 bridgehead atoms. The van der Waals surface area contributed by atoms with Gasteiger partial charge < -0.3 is 5.32 Å². The van der Waals surface area contributed by atoms with Gasteiger partial charge in [0.15, 0.2) is 0 Å². The minimum atomic E-state index is -0.0346. The third-order valence-electron chi connectivity index (χ3n) is 2.21. The van der Waals surface area contributed by atoms with E-state index < -0.39 is 0 Å². The summed E-state index contributed by atoms with van der Waals surface area (Å²) in [5.41, 5.74) is 0.655. The van der Waals surface area contributed by atoms with Crippen LogP contribution in [0, 0.1) is 0 Å². The van der Waals surface area contributed by atoms with Crippen molar-refractivity contribution in [1.82, 2.24) is 5.32 Å². The number of hydrogen-bond acceptors (Lipinski definition) is 1. The summed E-state index contributed by atoms with van der Waals surface area (Å²) in [4.78, 5) is 11.7. The monoisotopic (exact) mass is 225 g/mol. The lowest BCUT2D eigenvalue weighted by Gasteiger charge is -2.12. The number of benzene rings is 1. The van der Waals surface area contributed by atoms with Gasteiger partial charge >= 0.3 is 0 Å². The first-order valence-electron chi connectivity index (χ1n) is 5.20. The topological polar surface area (TPSA) is 29.1 Å². The molecule has 0 heterocycles. The summed E-state index contributed by atoms with van der Waals surface area (Å²) in [5.74, 6) is -0.0346. The fourth-order valence-corrected chi connectivity index (χ4v) is 1.54. The zero-order valence-electron chi connectivity index (χ0n) is 9.09. The van der Waals surface area contributed by atoms with Crippen molar-refractivity contribution in [1.29, 1.82) is 0 Å². The fraction of sp³-hybridized carbons (Fsp3) is 0.417. The molecule has 82 valence electrons.